The summed E-state index contributed by atoms with van der Waals surface area (Å²) < 4.78 is 0. The summed E-state index contributed by atoms with van der Waals surface area (Å²) in [4.78, 5) is 30.3. The van der Waals surface area contributed by atoms with Crippen LogP contribution in [0, 0.1) is 5.92 Å². The van der Waals surface area contributed by atoms with E-state index in [-0.39, 0.29) is 17.7 Å². The van der Waals surface area contributed by atoms with Crippen LogP contribution in [0.1, 0.15) is 24.8 Å². The van der Waals surface area contributed by atoms with Crippen molar-refractivity contribution >= 4 is 17.5 Å². The van der Waals surface area contributed by atoms with Gasteiger partial charge in [0.2, 0.25) is 11.8 Å². The van der Waals surface area contributed by atoms with Gasteiger partial charge >= 0.3 is 0 Å². The number of likely N-dealkylation sites (N-methyl/N-ethyl adjacent to an activating group) is 1. The number of carbonyl (C=O) groups excluding carboxylic acids is 2. The highest BCUT2D eigenvalue weighted by Gasteiger charge is 2.65. The molecule has 126 valence electrons. The molecule has 5 nitrogen and oxygen atoms in total. The molecule has 1 aromatic rings. The molecule has 5 heteroatoms. The maximum Gasteiger partial charge on any atom is 0.250 e. The minimum Gasteiger partial charge on any atom is -0.342 e. The molecule has 1 N–H and O–H groups in total. The van der Waals surface area contributed by atoms with E-state index < -0.39 is 5.54 Å². The second kappa shape index (κ2) is 5.45. The van der Waals surface area contributed by atoms with Crippen LogP contribution in [-0.4, -0.2) is 47.8 Å². The third-order valence-corrected chi connectivity index (χ3v) is 5.85. The summed E-state index contributed by atoms with van der Waals surface area (Å²) in [5, 5.41) is 3.03. The fourth-order valence-electron chi connectivity index (χ4n) is 4.91. The Morgan fingerprint density at radius 2 is 2.29 bits per heavy atom. The van der Waals surface area contributed by atoms with Crippen LogP contribution >= 0.6 is 0 Å². The third-order valence-electron chi connectivity index (χ3n) is 5.85. The van der Waals surface area contributed by atoms with Crippen molar-refractivity contribution in [1.82, 2.24) is 9.80 Å². The lowest BCUT2D eigenvalue weighted by Crippen LogP contribution is -2.54. The van der Waals surface area contributed by atoms with Crippen LogP contribution in [-0.2, 0) is 15.1 Å². The van der Waals surface area contributed by atoms with Gasteiger partial charge in [-0.15, -0.1) is 6.58 Å². The molecule has 0 saturated carbocycles. The third kappa shape index (κ3) is 1.85. The van der Waals surface area contributed by atoms with Crippen molar-refractivity contribution in [1.29, 1.82) is 0 Å². The molecule has 1 aromatic carbocycles. The molecule has 2 amide bonds. The molecule has 0 aromatic heterocycles. The van der Waals surface area contributed by atoms with Crippen molar-refractivity contribution in [3.63, 3.8) is 0 Å². The van der Waals surface area contributed by atoms with Crippen molar-refractivity contribution in [2.75, 3.05) is 25.5 Å². The molecule has 2 saturated heterocycles. The molecule has 1 spiro atoms. The van der Waals surface area contributed by atoms with E-state index >= 15 is 0 Å². The molecule has 0 aliphatic carbocycles. The fraction of sp³-hybridized carbons (Fsp3) is 0.474. The lowest BCUT2D eigenvalue weighted by Gasteiger charge is -2.37. The van der Waals surface area contributed by atoms with Gasteiger partial charge in [0.1, 0.15) is 5.54 Å². The number of benzene rings is 1. The average molecular weight is 325 g/mol. The normalized spacial score (nSPS) is 31.0. The van der Waals surface area contributed by atoms with E-state index in [1.165, 1.54) is 0 Å². The molecule has 3 atom stereocenters. The molecular weight excluding hydrogens is 302 g/mol. The predicted molar refractivity (Wildman–Crippen MR) is 92.4 cm³/mol. The highest BCUT2D eigenvalue weighted by molar-refractivity contribution is 6.09. The molecule has 24 heavy (non-hydrogen) atoms. The van der Waals surface area contributed by atoms with Crippen LogP contribution < -0.4 is 5.32 Å². The molecule has 0 bridgehead atoms. The van der Waals surface area contributed by atoms with E-state index in [9.17, 15) is 9.59 Å². The number of anilines is 1. The van der Waals surface area contributed by atoms with E-state index in [1.807, 2.05) is 24.3 Å². The van der Waals surface area contributed by atoms with E-state index in [0.29, 0.717) is 12.6 Å². The smallest absolute Gasteiger partial charge is 0.250 e. The molecule has 4 rings (SSSR count). The molecule has 0 radical (unpaired) electrons. The summed E-state index contributed by atoms with van der Waals surface area (Å²) in [6, 6.07) is 8.13. The van der Waals surface area contributed by atoms with Gasteiger partial charge in [0, 0.05) is 30.9 Å². The molecule has 2 fully saturated rings. The number of para-hydroxylation sites is 1. The quantitative estimate of drug-likeness (QED) is 0.865. The van der Waals surface area contributed by atoms with E-state index in [4.69, 9.17) is 0 Å². The zero-order valence-electron chi connectivity index (χ0n) is 14.0. The summed E-state index contributed by atoms with van der Waals surface area (Å²) in [6.07, 6.45) is 4.63. The van der Waals surface area contributed by atoms with Crippen LogP contribution in [0.4, 0.5) is 5.69 Å². The minimum atomic E-state index is -0.843. The number of nitrogens with one attached hydrogen (secondary N) is 1. The lowest BCUT2D eigenvalue weighted by atomic mass is 9.78. The van der Waals surface area contributed by atoms with Gasteiger partial charge in [-0.05, 0) is 31.9 Å². The maximum absolute atomic E-state index is 13.2. The van der Waals surface area contributed by atoms with Gasteiger partial charge in [0.05, 0.1) is 5.92 Å². The fourth-order valence-corrected chi connectivity index (χ4v) is 4.91. The summed E-state index contributed by atoms with van der Waals surface area (Å²) in [5.41, 5.74) is 0.966. The Labute approximate surface area is 142 Å². The zero-order chi connectivity index (χ0) is 16.9. The second-order valence-electron chi connectivity index (χ2n) is 7.05. The summed E-state index contributed by atoms with van der Waals surface area (Å²) >= 11 is 0. The van der Waals surface area contributed by atoms with Gasteiger partial charge in [-0.25, -0.2) is 0 Å². The van der Waals surface area contributed by atoms with Crippen molar-refractivity contribution in [2.24, 2.45) is 5.92 Å². The van der Waals surface area contributed by atoms with E-state index in [0.717, 1.165) is 37.1 Å². The predicted octanol–water partition coefficient (Wildman–Crippen LogP) is 1.96. The van der Waals surface area contributed by atoms with Crippen LogP contribution in [0.3, 0.4) is 0 Å². The monoisotopic (exact) mass is 325 g/mol. The largest absolute Gasteiger partial charge is 0.342 e. The SMILES string of the molecule is C=CCN(C)C(=O)[C@H]1C[C@H]2CCCN2[C@]12C(=O)Nc1ccccc12. The van der Waals surface area contributed by atoms with E-state index in [2.05, 4.69) is 16.8 Å². The topological polar surface area (TPSA) is 52.7 Å². The number of carbonyl (C=O) groups is 2. The van der Waals surface area contributed by atoms with Crippen LogP contribution in [0.25, 0.3) is 0 Å². The standard InChI is InChI=1S/C19H23N3O2/c1-3-10-21(2)17(23)15-12-13-7-6-11-22(13)19(15)14-8-4-5-9-16(14)20-18(19)24/h3-5,8-9,13,15H,1,6-7,10-12H2,2H3,(H,20,24)/t13-,15-,19+/m1/s1. The van der Waals surface area contributed by atoms with Crippen molar-refractivity contribution in [3.05, 3.63) is 42.5 Å². The Balaban J connectivity index is 1.84. The van der Waals surface area contributed by atoms with Crippen molar-refractivity contribution in [3.8, 4) is 0 Å². The first kappa shape index (κ1) is 15.4. The van der Waals surface area contributed by atoms with Gasteiger partial charge in [-0.3, -0.25) is 14.5 Å². The molecule has 3 heterocycles. The van der Waals surface area contributed by atoms with Crippen molar-refractivity contribution in [2.45, 2.75) is 30.8 Å². The second-order valence-corrected chi connectivity index (χ2v) is 7.05. The highest BCUT2D eigenvalue weighted by Crippen LogP contribution is 2.55. The molecule has 0 unspecified atom stereocenters. The summed E-state index contributed by atoms with van der Waals surface area (Å²) in [7, 11) is 1.79. The van der Waals surface area contributed by atoms with E-state index in [1.54, 1.807) is 18.0 Å². The summed E-state index contributed by atoms with van der Waals surface area (Å²) in [5.74, 6) is -0.342. The number of fused-ring (bicyclic) bond motifs is 4. The Hall–Kier alpha value is -2.14. The number of hydrogen-bond acceptors (Lipinski definition) is 3. The van der Waals surface area contributed by atoms with Gasteiger partial charge in [0.15, 0.2) is 0 Å². The minimum absolute atomic E-state index is 0.0381. The number of nitrogens with zero attached hydrogens (tertiary/aromatic N) is 2. The average Bonchev–Trinajstić information content (AvgIpc) is 3.22. The van der Waals surface area contributed by atoms with Crippen molar-refractivity contribution < 1.29 is 9.59 Å². The first-order valence-corrected chi connectivity index (χ1v) is 8.64. The first-order valence-electron chi connectivity index (χ1n) is 8.64. The number of rotatable bonds is 3. The lowest BCUT2D eigenvalue weighted by molar-refractivity contribution is -0.143. The van der Waals surface area contributed by atoms with Crippen LogP contribution in [0.5, 0.6) is 0 Å². The number of amides is 2. The number of hydrogen-bond donors (Lipinski definition) is 1. The Bertz CT molecular complexity index is 716. The Kier molecular flexibility index (Phi) is 3.49. The molecule has 3 aliphatic rings. The Morgan fingerprint density at radius 1 is 1.50 bits per heavy atom. The summed E-state index contributed by atoms with van der Waals surface area (Å²) in [6.45, 7) is 5.10. The Morgan fingerprint density at radius 3 is 3.08 bits per heavy atom. The maximum atomic E-state index is 13.2. The zero-order valence-corrected chi connectivity index (χ0v) is 14.0. The highest BCUT2D eigenvalue weighted by atomic mass is 16.2. The van der Waals surface area contributed by atoms with Gasteiger partial charge in [-0.2, -0.15) is 0 Å². The van der Waals surface area contributed by atoms with Crippen LogP contribution in [0.2, 0.25) is 0 Å². The van der Waals surface area contributed by atoms with Gasteiger partial charge < -0.3 is 10.2 Å². The molecular formula is C19H23N3O2. The van der Waals surface area contributed by atoms with Crippen LogP contribution in [0.15, 0.2) is 36.9 Å². The first-order chi connectivity index (χ1) is 11.6. The molecule has 3 aliphatic heterocycles. The van der Waals surface area contributed by atoms with Gasteiger partial charge in [-0.1, -0.05) is 24.3 Å². The van der Waals surface area contributed by atoms with Gasteiger partial charge in [0.25, 0.3) is 0 Å².